The number of nitrogens with one attached hydrogen (secondary N) is 1. The minimum atomic E-state index is -0.986. The number of halogens is 1. The first-order valence-electron chi connectivity index (χ1n) is 9.31. The summed E-state index contributed by atoms with van der Waals surface area (Å²) in [7, 11) is 1.84. The largest absolute Gasteiger partial charge is 0.478 e. The van der Waals surface area contributed by atoms with Crippen LogP contribution in [-0.2, 0) is 17.3 Å². The van der Waals surface area contributed by atoms with Crippen LogP contribution in [-0.4, -0.2) is 34.8 Å². The maximum atomic E-state index is 13.2. The van der Waals surface area contributed by atoms with Crippen LogP contribution < -0.4 is 5.32 Å². The molecule has 1 aromatic heterocycles. The Labute approximate surface area is 173 Å². The SMILES string of the molecule is Cc1ccc2c(cc(C(=O)NC3(c4ccc(C(=O)O)cc4)CCOC3)n2C)c1Cl. The van der Waals surface area contributed by atoms with Gasteiger partial charge < -0.3 is 19.7 Å². The van der Waals surface area contributed by atoms with Gasteiger partial charge in [-0.25, -0.2) is 4.79 Å². The van der Waals surface area contributed by atoms with Gasteiger partial charge in [0.25, 0.3) is 5.91 Å². The van der Waals surface area contributed by atoms with E-state index >= 15 is 0 Å². The van der Waals surface area contributed by atoms with Crippen molar-refractivity contribution in [2.75, 3.05) is 13.2 Å². The molecule has 1 aliphatic rings. The zero-order chi connectivity index (χ0) is 20.8. The first-order chi connectivity index (χ1) is 13.8. The molecule has 3 aromatic rings. The molecular formula is C22H21ClN2O4. The van der Waals surface area contributed by atoms with Crippen LogP contribution in [0.2, 0.25) is 5.02 Å². The third kappa shape index (κ3) is 3.28. The maximum absolute atomic E-state index is 13.2. The third-order valence-corrected chi connectivity index (χ3v) is 6.15. The van der Waals surface area contributed by atoms with Gasteiger partial charge in [0.05, 0.1) is 22.7 Å². The van der Waals surface area contributed by atoms with Gasteiger partial charge in [-0.15, -0.1) is 0 Å². The number of carboxylic acid groups (broad SMARTS) is 1. The van der Waals surface area contributed by atoms with E-state index < -0.39 is 11.5 Å². The number of nitrogens with zero attached hydrogens (tertiary/aromatic N) is 1. The average Bonchev–Trinajstić information content (AvgIpc) is 3.31. The summed E-state index contributed by atoms with van der Waals surface area (Å²) >= 11 is 6.44. The predicted molar refractivity (Wildman–Crippen MR) is 111 cm³/mol. The number of benzene rings is 2. The number of aryl methyl sites for hydroxylation is 2. The fourth-order valence-electron chi connectivity index (χ4n) is 3.88. The van der Waals surface area contributed by atoms with Gasteiger partial charge in [-0.3, -0.25) is 4.79 Å². The van der Waals surface area contributed by atoms with Crippen molar-refractivity contribution in [1.29, 1.82) is 0 Å². The first kappa shape index (κ1) is 19.5. The Kier molecular flexibility index (Phi) is 4.84. The lowest BCUT2D eigenvalue weighted by Crippen LogP contribution is -2.47. The molecule has 0 saturated carbocycles. The summed E-state index contributed by atoms with van der Waals surface area (Å²) < 4.78 is 7.42. The molecule has 29 heavy (non-hydrogen) atoms. The summed E-state index contributed by atoms with van der Waals surface area (Å²) in [4.78, 5) is 24.4. The van der Waals surface area contributed by atoms with Crippen LogP contribution in [0.25, 0.3) is 10.9 Å². The molecule has 1 unspecified atom stereocenters. The van der Waals surface area contributed by atoms with E-state index in [4.69, 9.17) is 21.4 Å². The van der Waals surface area contributed by atoms with Crippen molar-refractivity contribution in [3.63, 3.8) is 0 Å². The van der Waals surface area contributed by atoms with Gasteiger partial charge in [0.1, 0.15) is 5.69 Å². The summed E-state index contributed by atoms with van der Waals surface area (Å²) in [6.07, 6.45) is 0.606. The molecule has 1 saturated heterocycles. The molecule has 1 atom stereocenters. The Hall–Kier alpha value is -2.83. The molecule has 2 aromatic carbocycles. The quantitative estimate of drug-likeness (QED) is 0.681. The van der Waals surface area contributed by atoms with Gasteiger partial charge in [-0.2, -0.15) is 0 Å². The van der Waals surface area contributed by atoms with E-state index in [2.05, 4.69) is 5.32 Å². The molecule has 6 nitrogen and oxygen atoms in total. The maximum Gasteiger partial charge on any atom is 0.335 e. The van der Waals surface area contributed by atoms with Crippen molar-refractivity contribution >= 4 is 34.4 Å². The van der Waals surface area contributed by atoms with Gasteiger partial charge in [-0.05, 0) is 42.3 Å². The number of carbonyl (C=O) groups is 2. The molecule has 1 fully saturated rings. The predicted octanol–water partition coefficient (Wildman–Crippen LogP) is 3.88. The molecule has 150 valence electrons. The Bertz CT molecular complexity index is 1110. The van der Waals surface area contributed by atoms with Crippen molar-refractivity contribution in [1.82, 2.24) is 9.88 Å². The molecule has 2 N–H and O–H groups in total. The van der Waals surface area contributed by atoms with Crippen LogP contribution in [0.3, 0.4) is 0 Å². The second-order valence-electron chi connectivity index (χ2n) is 7.44. The molecule has 1 aliphatic heterocycles. The lowest BCUT2D eigenvalue weighted by molar-refractivity contribution is 0.0696. The monoisotopic (exact) mass is 412 g/mol. The molecular weight excluding hydrogens is 392 g/mol. The van der Waals surface area contributed by atoms with Gasteiger partial charge in [0.2, 0.25) is 0 Å². The van der Waals surface area contributed by atoms with Crippen molar-refractivity contribution in [3.8, 4) is 0 Å². The standard InChI is InChI=1S/C22H21ClN2O4/c1-13-3-8-17-16(19(13)23)11-18(25(17)2)20(26)24-22(9-10-29-12-22)15-6-4-14(5-7-15)21(27)28/h3-8,11H,9-10,12H2,1-2H3,(H,24,26)(H,27,28). The number of amides is 1. The second-order valence-corrected chi connectivity index (χ2v) is 7.82. The zero-order valence-corrected chi connectivity index (χ0v) is 16.9. The first-order valence-corrected chi connectivity index (χ1v) is 9.69. The van der Waals surface area contributed by atoms with E-state index in [9.17, 15) is 9.59 Å². The van der Waals surface area contributed by atoms with Gasteiger partial charge in [0, 0.05) is 31.0 Å². The van der Waals surface area contributed by atoms with Crippen LogP contribution in [0.1, 0.15) is 38.4 Å². The average molecular weight is 413 g/mol. The second kappa shape index (κ2) is 7.21. The van der Waals surface area contributed by atoms with E-state index in [1.54, 1.807) is 30.3 Å². The molecule has 2 heterocycles. The number of aromatic carboxylic acids is 1. The number of carbonyl (C=O) groups excluding carboxylic acids is 1. The number of hydrogen-bond donors (Lipinski definition) is 2. The highest BCUT2D eigenvalue weighted by Crippen LogP contribution is 2.33. The Morgan fingerprint density at radius 2 is 1.93 bits per heavy atom. The van der Waals surface area contributed by atoms with Crippen LogP contribution in [0.5, 0.6) is 0 Å². The summed E-state index contributed by atoms with van der Waals surface area (Å²) in [5.74, 6) is -1.22. The van der Waals surface area contributed by atoms with Crippen molar-refractivity contribution in [2.45, 2.75) is 18.9 Å². The van der Waals surface area contributed by atoms with Crippen LogP contribution in [0, 0.1) is 6.92 Å². The van der Waals surface area contributed by atoms with Gasteiger partial charge >= 0.3 is 5.97 Å². The summed E-state index contributed by atoms with van der Waals surface area (Å²) in [6, 6.07) is 12.2. The molecule has 4 rings (SSSR count). The fraction of sp³-hybridized carbons (Fsp3) is 0.273. The molecule has 1 amide bonds. The summed E-state index contributed by atoms with van der Waals surface area (Å²) in [5, 5.41) is 13.7. The molecule has 0 aliphatic carbocycles. The lowest BCUT2D eigenvalue weighted by Gasteiger charge is -2.29. The van der Waals surface area contributed by atoms with Crippen LogP contribution >= 0.6 is 11.6 Å². The highest BCUT2D eigenvalue weighted by atomic mass is 35.5. The number of hydrogen-bond acceptors (Lipinski definition) is 3. The van der Waals surface area contributed by atoms with E-state index in [-0.39, 0.29) is 11.5 Å². The topological polar surface area (TPSA) is 80.6 Å². The van der Waals surface area contributed by atoms with Gasteiger partial charge in [0.15, 0.2) is 0 Å². The Morgan fingerprint density at radius 1 is 1.21 bits per heavy atom. The fourth-order valence-corrected chi connectivity index (χ4v) is 4.09. The zero-order valence-electron chi connectivity index (χ0n) is 16.2. The van der Waals surface area contributed by atoms with E-state index in [0.717, 1.165) is 22.0 Å². The highest BCUT2D eigenvalue weighted by molar-refractivity contribution is 6.36. The molecule has 0 bridgehead atoms. The van der Waals surface area contributed by atoms with E-state index in [1.807, 2.05) is 30.7 Å². The summed E-state index contributed by atoms with van der Waals surface area (Å²) in [5.41, 5.74) is 2.66. The molecule has 0 spiro atoms. The smallest absolute Gasteiger partial charge is 0.335 e. The number of rotatable bonds is 4. The lowest BCUT2D eigenvalue weighted by atomic mass is 9.88. The van der Waals surface area contributed by atoms with E-state index in [1.165, 1.54) is 0 Å². The minimum absolute atomic E-state index is 0.202. The molecule has 0 radical (unpaired) electrons. The van der Waals surface area contributed by atoms with E-state index in [0.29, 0.717) is 30.4 Å². The number of carboxylic acids is 1. The van der Waals surface area contributed by atoms with Crippen molar-refractivity contribution < 1.29 is 19.4 Å². The van der Waals surface area contributed by atoms with Crippen molar-refractivity contribution in [2.24, 2.45) is 7.05 Å². The minimum Gasteiger partial charge on any atom is -0.478 e. The highest BCUT2D eigenvalue weighted by Gasteiger charge is 2.39. The van der Waals surface area contributed by atoms with Crippen LogP contribution in [0.4, 0.5) is 0 Å². The van der Waals surface area contributed by atoms with Crippen LogP contribution in [0.15, 0.2) is 42.5 Å². The Morgan fingerprint density at radius 3 is 2.55 bits per heavy atom. The number of aromatic nitrogens is 1. The molecule has 7 heteroatoms. The van der Waals surface area contributed by atoms with Gasteiger partial charge in [-0.1, -0.05) is 29.8 Å². The Balaban J connectivity index is 1.70. The number of fused-ring (bicyclic) bond motifs is 1. The normalized spacial score (nSPS) is 18.9. The van der Waals surface area contributed by atoms with Crippen molar-refractivity contribution in [3.05, 3.63) is 69.9 Å². The third-order valence-electron chi connectivity index (χ3n) is 5.65. The summed E-state index contributed by atoms with van der Waals surface area (Å²) in [6.45, 7) is 2.77. The number of ether oxygens (including phenoxy) is 1.